The molecule has 5 nitrogen and oxygen atoms in total. The Morgan fingerprint density at radius 1 is 1.56 bits per heavy atom. The summed E-state index contributed by atoms with van der Waals surface area (Å²) >= 11 is -2.53. The molecule has 16 heavy (non-hydrogen) atoms. The van der Waals surface area contributed by atoms with Gasteiger partial charge in [-0.2, -0.15) is 0 Å². The average Bonchev–Trinajstić information content (AvgIpc) is 2.17. The highest BCUT2D eigenvalue weighted by atomic mass is 32.2. The SMILES string of the molecule is Cc1cccc(N(C(C)C(N)=O)S(=O)[O-])c1. The molecule has 6 heteroatoms. The van der Waals surface area contributed by atoms with E-state index >= 15 is 0 Å². The van der Waals surface area contributed by atoms with Gasteiger partial charge in [0.1, 0.15) is 6.04 Å². The molecule has 0 aliphatic rings. The number of aryl methyl sites for hydroxylation is 1. The van der Waals surface area contributed by atoms with Gasteiger partial charge in [-0.3, -0.25) is 13.3 Å². The van der Waals surface area contributed by atoms with Crippen molar-refractivity contribution in [1.29, 1.82) is 0 Å². The molecule has 1 aromatic rings. The van der Waals surface area contributed by atoms with Crippen molar-refractivity contribution in [2.24, 2.45) is 5.73 Å². The molecule has 1 amide bonds. The van der Waals surface area contributed by atoms with Crippen LogP contribution in [0.5, 0.6) is 0 Å². The maximum Gasteiger partial charge on any atom is 0.240 e. The van der Waals surface area contributed by atoms with E-state index in [9.17, 15) is 13.6 Å². The molecule has 0 aliphatic heterocycles. The lowest BCUT2D eigenvalue weighted by Crippen LogP contribution is -2.43. The van der Waals surface area contributed by atoms with Gasteiger partial charge in [-0.25, -0.2) is 0 Å². The van der Waals surface area contributed by atoms with Gasteiger partial charge < -0.3 is 10.3 Å². The van der Waals surface area contributed by atoms with Gasteiger partial charge in [0.15, 0.2) is 0 Å². The number of nitrogens with two attached hydrogens (primary N) is 1. The highest BCUT2D eigenvalue weighted by Crippen LogP contribution is 2.19. The van der Waals surface area contributed by atoms with Crippen LogP contribution in [0.4, 0.5) is 5.69 Å². The van der Waals surface area contributed by atoms with Crippen molar-refractivity contribution in [2.45, 2.75) is 19.9 Å². The van der Waals surface area contributed by atoms with Crippen LogP contribution in [0.25, 0.3) is 0 Å². The predicted molar refractivity (Wildman–Crippen MR) is 61.2 cm³/mol. The zero-order valence-electron chi connectivity index (χ0n) is 9.04. The molecule has 1 rings (SSSR count). The number of rotatable bonds is 4. The third-order valence-electron chi connectivity index (χ3n) is 2.18. The molecule has 0 aliphatic carbocycles. The third kappa shape index (κ3) is 2.80. The van der Waals surface area contributed by atoms with E-state index in [0.29, 0.717) is 5.69 Å². The van der Waals surface area contributed by atoms with Crippen LogP contribution in [-0.4, -0.2) is 20.7 Å². The normalized spacial score (nSPS) is 14.2. The van der Waals surface area contributed by atoms with Crippen molar-refractivity contribution in [3.05, 3.63) is 29.8 Å². The Hall–Kier alpha value is -1.40. The summed E-state index contributed by atoms with van der Waals surface area (Å²) < 4.78 is 23.1. The maximum atomic E-state index is 11.1. The number of primary amides is 1. The van der Waals surface area contributed by atoms with Gasteiger partial charge in [0.25, 0.3) is 0 Å². The molecule has 0 bridgehead atoms. The van der Waals surface area contributed by atoms with Crippen LogP contribution in [0.2, 0.25) is 0 Å². The van der Waals surface area contributed by atoms with E-state index < -0.39 is 23.2 Å². The van der Waals surface area contributed by atoms with E-state index in [1.165, 1.54) is 6.92 Å². The van der Waals surface area contributed by atoms with Gasteiger partial charge >= 0.3 is 0 Å². The summed E-state index contributed by atoms with van der Waals surface area (Å²) in [7, 11) is 0. The number of amides is 1. The zero-order chi connectivity index (χ0) is 12.3. The van der Waals surface area contributed by atoms with E-state index in [2.05, 4.69) is 0 Å². The maximum absolute atomic E-state index is 11.1. The number of carbonyl (C=O) groups excluding carboxylic acids is 1. The van der Waals surface area contributed by atoms with Crippen LogP contribution < -0.4 is 10.0 Å². The number of hydrogen-bond acceptors (Lipinski definition) is 3. The Balaban J connectivity index is 3.12. The van der Waals surface area contributed by atoms with Crippen molar-refractivity contribution >= 4 is 22.9 Å². The fourth-order valence-corrected chi connectivity index (χ4v) is 1.97. The van der Waals surface area contributed by atoms with Gasteiger partial charge in [-0.1, -0.05) is 12.1 Å². The van der Waals surface area contributed by atoms with Crippen LogP contribution in [0.3, 0.4) is 0 Å². The van der Waals surface area contributed by atoms with Crippen LogP contribution >= 0.6 is 0 Å². The molecule has 2 N–H and O–H groups in total. The number of nitrogens with zero attached hydrogens (tertiary/aromatic N) is 1. The predicted octanol–water partition coefficient (Wildman–Crippen LogP) is 0.469. The Bertz CT molecular complexity index is 422. The standard InChI is InChI=1S/C10H14N2O3S/c1-7-4-3-5-9(6-7)12(16(14)15)8(2)10(11)13/h3-6,8H,1-2H3,(H2,11,13)(H,14,15)/p-1. The molecule has 2 atom stereocenters. The van der Waals surface area contributed by atoms with Crippen molar-refractivity contribution in [2.75, 3.05) is 4.31 Å². The highest BCUT2D eigenvalue weighted by Gasteiger charge is 2.20. The van der Waals surface area contributed by atoms with Crippen molar-refractivity contribution in [3.8, 4) is 0 Å². The molecule has 0 heterocycles. The lowest BCUT2D eigenvalue weighted by molar-refractivity contribution is -0.118. The van der Waals surface area contributed by atoms with Gasteiger partial charge in [-0.15, -0.1) is 0 Å². The molecular weight excluding hydrogens is 228 g/mol. The average molecular weight is 241 g/mol. The van der Waals surface area contributed by atoms with Crippen molar-refractivity contribution < 1.29 is 13.6 Å². The quantitative estimate of drug-likeness (QED) is 0.777. The Kier molecular flexibility index (Phi) is 4.03. The second kappa shape index (κ2) is 5.09. The van der Waals surface area contributed by atoms with E-state index in [1.54, 1.807) is 18.2 Å². The first-order valence-corrected chi connectivity index (χ1v) is 5.71. The second-order valence-corrected chi connectivity index (χ2v) is 4.29. The first kappa shape index (κ1) is 12.7. The Morgan fingerprint density at radius 3 is 2.62 bits per heavy atom. The number of hydrogen-bond donors (Lipinski definition) is 1. The third-order valence-corrected chi connectivity index (χ3v) is 3.03. The molecular formula is C10H13N2O3S-. The molecule has 2 unspecified atom stereocenters. The number of carbonyl (C=O) groups is 1. The molecule has 0 spiro atoms. The summed E-state index contributed by atoms with van der Waals surface area (Å²) in [6.07, 6.45) is 0. The van der Waals surface area contributed by atoms with Crippen LogP contribution in [0, 0.1) is 6.92 Å². The van der Waals surface area contributed by atoms with Gasteiger partial charge in [0, 0.05) is 17.0 Å². The minimum Gasteiger partial charge on any atom is -0.755 e. The van der Waals surface area contributed by atoms with Gasteiger partial charge in [-0.05, 0) is 31.5 Å². The minimum absolute atomic E-state index is 0.430. The monoisotopic (exact) mass is 241 g/mol. The molecule has 0 saturated carbocycles. The van der Waals surface area contributed by atoms with Crippen LogP contribution in [0.15, 0.2) is 24.3 Å². The van der Waals surface area contributed by atoms with Crippen molar-refractivity contribution in [1.82, 2.24) is 0 Å². The van der Waals surface area contributed by atoms with Crippen molar-refractivity contribution in [3.63, 3.8) is 0 Å². The first-order chi connectivity index (χ1) is 7.43. The molecule has 0 aromatic heterocycles. The van der Waals surface area contributed by atoms with Crippen LogP contribution in [-0.2, 0) is 16.1 Å². The van der Waals surface area contributed by atoms with E-state index in [0.717, 1.165) is 9.87 Å². The summed E-state index contributed by atoms with van der Waals surface area (Å²) in [4.78, 5) is 11.0. The Morgan fingerprint density at radius 2 is 2.19 bits per heavy atom. The zero-order valence-corrected chi connectivity index (χ0v) is 9.86. The van der Waals surface area contributed by atoms with E-state index in [-0.39, 0.29) is 0 Å². The summed E-state index contributed by atoms with van der Waals surface area (Å²) in [5.74, 6) is -0.689. The number of benzene rings is 1. The molecule has 0 saturated heterocycles. The fourth-order valence-electron chi connectivity index (χ4n) is 1.32. The van der Waals surface area contributed by atoms with E-state index in [4.69, 9.17) is 5.73 Å². The summed E-state index contributed by atoms with van der Waals surface area (Å²) in [5, 5.41) is 0. The van der Waals surface area contributed by atoms with Gasteiger partial charge in [0.05, 0.1) is 0 Å². The van der Waals surface area contributed by atoms with Crippen LogP contribution in [0.1, 0.15) is 12.5 Å². The topological polar surface area (TPSA) is 86.5 Å². The fraction of sp³-hybridized carbons (Fsp3) is 0.300. The second-order valence-electron chi connectivity index (χ2n) is 3.46. The smallest absolute Gasteiger partial charge is 0.240 e. The summed E-state index contributed by atoms with van der Waals surface area (Å²) in [6, 6.07) is 5.94. The summed E-state index contributed by atoms with van der Waals surface area (Å²) in [6.45, 7) is 3.28. The molecule has 0 fully saturated rings. The molecule has 1 aromatic carbocycles. The largest absolute Gasteiger partial charge is 0.755 e. The number of anilines is 1. The lowest BCUT2D eigenvalue weighted by Gasteiger charge is -2.30. The van der Waals surface area contributed by atoms with Gasteiger partial charge in [0.2, 0.25) is 5.91 Å². The van der Waals surface area contributed by atoms with E-state index in [1.807, 2.05) is 13.0 Å². The highest BCUT2D eigenvalue weighted by molar-refractivity contribution is 7.80. The molecule has 88 valence electrons. The summed E-state index contributed by atoms with van der Waals surface area (Å²) in [5.41, 5.74) is 6.43. The lowest BCUT2D eigenvalue weighted by atomic mass is 10.2. The Labute approximate surface area is 96.7 Å². The molecule has 0 radical (unpaired) electrons. The first-order valence-electron chi connectivity index (χ1n) is 4.68. The minimum atomic E-state index is -2.53.